The van der Waals surface area contributed by atoms with Crippen LogP contribution < -0.4 is 5.73 Å². The van der Waals surface area contributed by atoms with Crippen molar-refractivity contribution in [3.05, 3.63) is 36.9 Å². The zero-order valence-corrected chi connectivity index (χ0v) is 13.2. The van der Waals surface area contributed by atoms with Gasteiger partial charge in [0.25, 0.3) is 0 Å². The van der Waals surface area contributed by atoms with Crippen molar-refractivity contribution in [1.29, 1.82) is 0 Å². The Morgan fingerprint density at radius 3 is 2.00 bits per heavy atom. The highest BCUT2D eigenvalue weighted by Crippen LogP contribution is 2.45. The SMILES string of the molecule is CCC(CC)c1c(C)c(COC)c([N+](=O)[O-])c(N)c1[N+](=O)[O-]. The summed E-state index contributed by atoms with van der Waals surface area (Å²) in [5.41, 5.74) is 5.92. The van der Waals surface area contributed by atoms with E-state index in [1.54, 1.807) is 6.92 Å². The maximum atomic E-state index is 11.4. The topological polar surface area (TPSA) is 122 Å². The number of hydrogen-bond donors (Lipinski definition) is 1. The van der Waals surface area contributed by atoms with Gasteiger partial charge in [-0.15, -0.1) is 0 Å². The van der Waals surface area contributed by atoms with E-state index >= 15 is 0 Å². The molecule has 0 bridgehead atoms. The van der Waals surface area contributed by atoms with E-state index < -0.39 is 21.2 Å². The van der Waals surface area contributed by atoms with E-state index in [9.17, 15) is 20.2 Å². The van der Waals surface area contributed by atoms with Crippen LogP contribution in [-0.4, -0.2) is 17.0 Å². The molecule has 0 spiro atoms. The maximum absolute atomic E-state index is 11.4. The Morgan fingerprint density at radius 1 is 1.14 bits per heavy atom. The van der Waals surface area contributed by atoms with Crippen molar-refractivity contribution in [2.45, 2.75) is 46.1 Å². The maximum Gasteiger partial charge on any atom is 0.305 e. The number of benzene rings is 1. The first-order valence-corrected chi connectivity index (χ1v) is 7.04. The van der Waals surface area contributed by atoms with Gasteiger partial charge in [-0.3, -0.25) is 20.2 Å². The van der Waals surface area contributed by atoms with Gasteiger partial charge in [0.2, 0.25) is 0 Å². The molecule has 0 aliphatic heterocycles. The summed E-state index contributed by atoms with van der Waals surface area (Å²) in [5, 5.41) is 22.8. The van der Waals surface area contributed by atoms with Gasteiger partial charge in [0, 0.05) is 12.7 Å². The fraction of sp³-hybridized carbons (Fsp3) is 0.571. The summed E-state index contributed by atoms with van der Waals surface area (Å²) in [6.45, 7) is 5.48. The van der Waals surface area contributed by atoms with Gasteiger partial charge in [0.05, 0.1) is 22.0 Å². The molecular weight excluding hydrogens is 290 g/mol. The van der Waals surface area contributed by atoms with E-state index in [1.807, 2.05) is 13.8 Å². The van der Waals surface area contributed by atoms with Gasteiger partial charge in [-0.25, -0.2) is 0 Å². The van der Waals surface area contributed by atoms with Crippen molar-refractivity contribution in [1.82, 2.24) is 0 Å². The van der Waals surface area contributed by atoms with Gasteiger partial charge in [-0.2, -0.15) is 0 Å². The molecule has 0 saturated heterocycles. The number of nitro groups is 2. The third-order valence-electron chi connectivity index (χ3n) is 3.96. The third-order valence-corrected chi connectivity index (χ3v) is 3.96. The molecule has 0 atom stereocenters. The second-order valence-corrected chi connectivity index (χ2v) is 5.09. The van der Waals surface area contributed by atoms with Crippen LogP contribution in [0.3, 0.4) is 0 Å². The highest BCUT2D eigenvalue weighted by molar-refractivity contribution is 5.79. The molecule has 0 aliphatic carbocycles. The molecule has 0 heterocycles. The lowest BCUT2D eigenvalue weighted by atomic mass is 9.85. The van der Waals surface area contributed by atoms with Crippen LogP contribution in [0.4, 0.5) is 17.1 Å². The molecule has 2 N–H and O–H groups in total. The lowest BCUT2D eigenvalue weighted by Gasteiger charge is -2.20. The number of hydrogen-bond acceptors (Lipinski definition) is 6. The Kier molecular flexibility index (Phi) is 5.81. The average Bonchev–Trinajstić information content (AvgIpc) is 2.44. The van der Waals surface area contributed by atoms with Gasteiger partial charge in [0.1, 0.15) is 0 Å². The summed E-state index contributed by atoms with van der Waals surface area (Å²) in [4.78, 5) is 21.5. The largest absolute Gasteiger partial charge is 0.387 e. The van der Waals surface area contributed by atoms with Crippen LogP contribution in [0.15, 0.2) is 0 Å². The number of nitrogens with zero attached hydrogens (tertiary/aromatic N) is 2. The lowest BCUT2D eigenvalue weighted by Crippen LogP contribution is -2.13. The summed E-state index contributed by atoms with van der Waals surface area (Å²) < 4.78 is 5.03. The van der Waals surface area contributed by atoms with E-state index in [-0.39, 0.29) is 18.2 Å². The van der Waals surface area contributed by atoms with Crippen LogP contribution in [0.2, 0.25) is 0 Å². The van der Waals surface area contributed by atoms with Gasteiger partial charge in [-0.1, -0.05) is 13.8 Å². The van der Waals surface area contributed by atoms with Crippen LogP contribution in [0, 0.1) is 27.2 Å². The van der Waals surface area contributed by atoms with E-state index in [0.29, 0.717) is 29.5 Å². The monoisotopic (exact) mass is 311 g/mol. The number of nitrogen functional groups attached to an aromatic ring is 1. The molecule has 0 unspecified atom stereocenters. The predicted molar refractivity (Wildman–Crippen MR) is 82.9 cm³/mol. The van der Waals surface area contributed by atoms with Crippen LogP contribution >= 0.6 is 0 Å². The first-order valence-electron chi connectivity index (χ1n) is 7.04. The Labute approximate surface area is 128 Å². The Bertz CT molecular complexity index is 597. The summed E-state index contributed by atoms with van der Waals surface area (Å²) in [6.07, 6.45) is 1.36. The molecule has 0 fully saturated rings. The third kappa shape index (κ3) is 3.01. The summed E-state index contributed by atoms with van der Waals surface area (Å²) in [6, 6.07) is 0. The number of anilines is 1. The number of nitrogens with two attached hydrogens (primary N) is 1. The summed E-state index contributed by atoms with van der Waals surface area (Å²) in [5.74, 6) is -0.0842. The van der Waals surface area contributed by atoms with Crippen molar-refractivity contribution in [2.24, 2.45) is 0 Å². The normalized spacial score (nSPS) is 11.0. The second kappa shape index (κ2) is 7.17. The molecule has 8 heteroatoms. The summed E-state index contributed by atoms with van der Waals surface area (Å²) >= 11 is 0. The number of methoxy groups -OCH3 is 1. The molecule has 122 valence electrons. The highest BCUT2D eigenvalue weighted by Gasteiger charge is 2.35. The molecular formula is C14H21N3O5. The lowest BCUT2D eigenvalue weighted by molar-refractivity contribution is -0.393. The van der Waals surface area contributed by atoms with Crippen LogP contribution in [0.5, 0.6) is 0 Å². The van der Waals surface area contributed by atoms with Crippen molar-refractivity contribution in [3.8, 4) is 0 Å². The first kappa shape index (κ1) is 17.8. The molecule has 1 aromatic rings. The van der Waals surface area contributed by atoms with Crippen molar-refractivity contribution in [2.75, 3.05) is 12.8 Å². The minimum absolute atomic E-state index is 0.0164. The molecule has 0 saturated carbocycles. The van der Waals surface area contributed by atoms with E-state index in [2.05, 4.69) is 0 Å². The van der Waals surface area contributed by atoms with Crippen molar-refractivity contribution >= 4 is 17.1 Å². The van der Waals surface area contributed by atoms with Crippen molar-refractivity contribution < 1.29 is 14.6 Å². The molecule has 0 aliphatic rings. The molecule has 22 heavy (non-hydrogen) atoms. The molecule has 0 radical (unpaired) electrons. The van der Waals surface area contributed by atoms with Crippen LogP contribution in [0.1, 0.15) is 49.3 Å². The van der Waals surface area contributed by atoms with Gasteiger partial charge < -0.3 is 10.5 Å². The predicted octanol–water partition coefficient (Wildman–Crippen LogP) is 3.44. The van der Waals surface area contributed by atoms with E-state index in [4.69, 9.17) is 10.5 Å². The highest BCUT2D eigenvalue weighted by atomic mass is 16.6. The molecule has 0 amide bonds. The minimum Gasteiger partial charge on any atom is -0.387 e. The standard InChI is InChI=1S/C14H21N3O5/c1-5-9(6-2)11-8(3)10(7-22-4)13(16(18)19)12(15)14(11)17(20)21/h9H,5-7,15H2,1-4H3. The molecule has 1 rings (SSSR count). The fourth-order valence-electron chi connectivity index (χ4n) is 2.86. The number of nitro benzene ring substituents is 2. The van der Waals surface area contributed by atoms with Gasteiger partial charge in [0.15, 0.2) is 5.69 Å². The Morgan fingerprint density at radius 2 is 1.64 bits per heavy atom. The average molecular weight is 311 g/mol. The van der Waals surface area contributed by atoms with Crippen LogP contribution in [0.25, 0.3) is 0 Å². The quantitative estimate of drug-likeness (QED) is 0.467. The zero-order valence-electron chi connectivity index (χ0n) is 13.2. The molecule has 1 aromatic carbocycles. The van der Waals surface area contributed by atoms with Gasteiger partial charge >= 0.3 is 11.4 Å². The summed E-state index contributed by atoms with van der Waals surface area (Å²) in [7, 11) is 1.41. The molecule has 8 nitrogen and oxygen atoms in total. The Hall–Kier alpha value is -2.22. The van der Waals surface area contributed by atoms with E-state index in [0.717, 1.165) is 0 Å². The molecule has 0 aromatic heterocycles. The smallest absolute Gasteiger partial charge is 0.305 e. The number of ether oxygens (including phenoxy) is 1. The Balaban J connectivity index is 3.90. The van der Waals surface area contributed by atoms with Crippen LogP contribution in [-0.2, 0) is 11.3 Å². The fourth-order valence-corrected chi connectivity index (χ4v) is 2.86. The van der Waals surface area contributed by atoms with Gasteiger partial charge in [-0.05, 0) is 31.2 Å². The zero-order chi connectivity index (χ0) is 17.0. The van der Waals surface area contributed by atoms with E-state index in [1.165, 1.54) is 7.11 Å². The van der Waals surface area contributed by atoms with Crippen molar-refractivity contribution in [3.63, 3.8) is 0 Å². The number of rotatable bonds is 7. The second-order valence-electron chi connectivity index (χ2n) is 5.09. The first-order chi connectivity index (χ1) is 10.3. The minimum atomic E-state index is -0.680.